The Bertz CT molecular complexity index is 824. The number of nitrogens with zero attached hydrogens (tertiary/aromatic N) is 3. The molecule has 0 amide bonds. The van der Waals surface area contributed by atoms with E-state index in [1.54, 1.807) is 11.2 Å². The number of methoxy groups -OCH3 is 1. The van der Waals surface area contributed by atoms with Crippen molar-refractivity contribution in [2.45, 2.75) is 25.3 Å². The summed E-state index contributed by atoms with van der Waals surface area (Å²) >= 11 is 0. The second-order valence-corrected chi connectivity index (χ2v) is 6.09. The third kappa shape index (κ3) is 2.70. The van der Waals surface area contributed by atoms with E-state index in [9.17, 15) is 4.79 Å². The van der Waals surface area contributed by atoms with Gasteiger partial charge in [0.2, 0.25) is 0 Å². The number of nitrogens with one attached hydrogen (secondary N) is 2. The molecule has 0 radical (unpaired) electrons. The summed E-state index contributed by atoms with van der Waals surface area (Å²) in [6.07, 6.45) is 8.05. The van der Waals surface area contributed by atoms with E-state index in [-0.39, 0.29) is 12.6 Å². The van der Waals surface area contributed by atoms with Crippen LogP contribution in [0.25, 0.3) is 5.65 Å². The highest BCUT2D eigenvalue weighted by molar-refractivity contribution is 5.96. The van der Waals surface area contributed by atoms with Gasteiger partial charge in [-0.05, 0) is 30.4 Å². The molecule has 24 heavy (non-hydrogen) atoms. The minimum absolute atomic E-state index is 0.0636. The number of carbonyl (C=O) groups is 1. The molecule has 4 rings (SSSR count). The first-order valence-corrected chi connectivity index (χ1v) is 7.87. The van der Waals surface area contributed by atoms with Gasteiger partial charge in [0.1, 0.15) is 5.56 Å². The van der Waals surface area contributed by atoms with Crippen LogP contribution in [0.5, 0.6) is 0 Å². The molecule has 1 aliphatic carbocycles. The lowest BCUT2D eigenvalue weighted by molar-refractivity contribution is 0.0602. The highest BCUT2D eigenvalue weighted by Crippen LogP contribution is 2.40. The number of carbonyl (C=O) groups excluding carboxylic acids is 1. The van der Waals surface area contributed by atoms with Gasteiger partial charge < -0.3 is 19.7 Å². The minimum atomic E-state index is -0.372. The molecule has 2 aliphatic rings. The fourth-order valence-corrected chi connectivity index (χ4v) is 2.88. The molecule has 0 atom stereocenters. The van der Waals surface area contributed by atoms with Crippen molar-refractivity contribution >= 4 is 11.6 Å². The van der Waals surface area contributed by atoms with Gasteiger partial charge in [-0.3, -0.25) is 5.01 Å². The molecular weight excluding hydrogens is 310 g/mol. The number of pyridine rings is 1. The number of aliphatic hydroxyl groups excluding tert-OH is 1. The van der Waals surface area contributed by atoms with Crippen LogP contribution in [0.15, 0.2) is 30.4 Å². The molecule has 0 aromatic carbocycles. The van der Waals surface area contributed by atoms with Crippen LogP contribution >= 0.6 is 0 Å². The number of fused-ring (bicyclic) bond motifs is 1. The molecule has 126 valence electrons. The molecule has 1 aliphatic heterocycles. The maximum absolute atomic E-state index is 12.1. The fourth-order valence-electron chi connectivity index (χ4n) is 2.88. The van der Waals surface area contributed by atoms with E-state index in [2.05, 4.69) is 15.9 Å². The summed E-state index contributed by atoms with van der Waals surface area (Å²) in [7, 11) is 1.38. The molecule has 1 saturated carbocycles. The zero-order valence-corrected chi connectivity index (χ0v) is 13.3. The van der Waals surface area contributed by atoms with Gasteiger partial charge in [0, 0.05) is 18.6 Å². The normalized spacial score (nSPS) is 17.1. The third-order valence-corrected chi connectivity index (χ3v) is 4.25. The van der Waals surface area contributed by atoms with Crippen LogP contribution in [0.4, 0.5) is 0 Å². The lowest BCUT2D eigenvalue weighted by atomic mass is 10.1. The van der Waals surface area contributed by atoms with Crippen molar-refractivity contribution < 1.29 is 14.6 Å². The molecule has 2 aromatic heterocycles. The molecule has 3 N–H and O–H groups in total. The van der Waals surface area contributed by atoms with E-state index in [1.807, 2.05) is 22.9 Å². The summed E-state index contributed by atoms with van der Waals surface area (Å²) in [6, 6.07) is 1.90. The zero-order valence-electron chi connectivity index (χ0n) is 13.3. The highest BCUT2D eigenvalue weighted by atomic mass is 16.5. The van der Waals surface area contributed by atoms with Crippen LogP contribution in [0, 0.1) is 0 Å². The Morgan fingerprint density at radius 3 is 2.96 bits per heavy atom. The Morgan fingerprint density at radius 1 is 1.46 bits per heavy atom. The summed E-state index contributed by atoms with van der Waals surface area (Å²) in [5.41, 5.74) is 9.52. The van der Waals surface area contributed by atoms with E-state index in [1.165, 1.54) is 7.11 Å². The number of hydrogen-bond donors (Lipinski definition) is 3. The second-order valence-electron chi connectivity index (χ2n) is 6.09. The van der Waals surface area contributed by atoms with Crippen LogP contribution in [-0.2, 0) is 11.3 Å². The van der Waals surface area contributed by atoms with Gasteiger partial charge in [0.15, 0.2) is 5.65 Å². The van der Waals surface area contributed by atoms with Crippen molar-refractivity contribution in [3.63, 3.8) is 0 Å². The van der Waals surface area contributed by atoms with Gasteiger partial charge in [0.05, 0.1) is 31.7 Å². The van der Waals surface area contributed by atoms with E-state index in [4.69, 9.17) is 9.84 Å². The van der Waals surface area contributed by atoms with E-state index in [0.29, 0.717) is 29.4 Å². The average molecular weight is 329 g/mol. The SMILES string of the molecule is COC(=O)c1cc(C2CC2)cn2cc(CN3C=C(CO)NN3)nc12. The van der Waals surface area contributed by atoms with Gasteiger partial charge in [-0.25, -0.2) is 9.78 Å². The Balaban J connectivity index is 1.68. The summed E-state index contributed by atoms with van der Waals surface area (Å²) in [6.45, 7) is 0.434. The predicted octanol–water partition coefficient (Wildman–Crippen LogP) is 0.657. The van der Waals surface area contributed by atoms with Gasteiger partial charge >= 0.3 is 5.97 Å². The maximum atomic E-state index is 12.1. The Labute approximate surface area is 138 Å². The molecule has 0 spiro atoms. The summed E-state index contributed by atoms with van der Waals surface area (Å²) in [4.78, 5) is 16.7. The van der Waals surface area contributed by atoms with E-state index < -0.39 is 0 Å². The van der Waals surface area contributed by atoms with E-state index in [0.717, 1.165) is 24.1 Å². The van der Waals surface area contributed by atoms with Crippen LogP contribution in [0.2, 0.25) is 0 Å². The third-order valence-electron chi connectivity index (χ3n) is 4.25. The van der Waals surface area contributed by atoms with Gasteiger partial charge in [0.25, 0.3) is 0 Å². The molecular formula is C16H19N5O3. The number of hydrazine groups is 2. The minimum Gasteiger partial charge on any atom is -0.465 e. The van der Waals surface area contributed by atoms with Crippen molar-refractivity contribution in [2.75, 3.05) is 13.7 Å². The van der Waals surface area contributed by atoms with Crippen LogP contribution in [0.3, 0.4) is 0 Å². The van der Waals surface area contributed by atoms with Crippen molar-refractivity contribution in [1.29, 1.82) is 0 Å². The first-order chi connectivity index (χ1) is 11.7. The molecule has 0 saturated heterocycles. The van der Waals surface area contributed by atoms with Crippen molar-refractivity contribution in [3.8, 4) is 0 Å². The monoisotopic (exact) mass is 329 g/mol. The molecule has 0 unspecified atom stereocenters. The van der Waals surface area contributed by atoms with Gasteiger partial charge in [-0.1, -0.05) is 0 Å². The first kappa shape index (κ1) is 15.0. The van der Waals surface area contributed by atoms with Gasteiger partial charge in [-0.2, -0.15) is 0 Å². The highest BCUT2D eigenvalue weighted by Gasteiger charge is 2.26. The van der Waals surface area contributed by atoms with E-state index >= 15 is 0 Å². The lowest BCUT2D eigenvalue weighted by Gasteiger charge is -2.12. The Kier molecular flexibility index (Phi) is 3.62. The van der Waals surface area contributed by atoms with Crippen LogP contribution < -0.4 is 11.0 Å². The maximum Gasteiger partial charge on any atom is 0.341 e. The number of aromatic nitrogens is 2. The Morgan fingerprint density at radius 2 is 2.29 bits per heavy atom. The molecule has 3 heterocycles. The first-order valence-electron chi connectivity index (χ1n) is 7.87. The summed E-state index contributed by atoms with van der Waals surface area (Å²) < 4.78 is 6.81. The fraction of sp³-hybridized carbons (Fsp3) is 0.375. The topological polar surface area (TPSA) is 91.1 Å². The van der Waals surface area contributed by atoms with Crippen molar-refractivity contribution in [1.82, 2.24) is 25.4 Å². The van der Waals surface area contributed by atoms with Crippen molar-refractivity contribution in [2.24, 2.45) is 0 Å². The summed E-state index contributed by atoms with van der Waals surface area (Å²) in [5.74, 6) is 0.159. The predicted molar refractivity (Wildman–Crippen MR) is 85.5 cm³/mol. The number of hydrogen-bond acceptors (Lipinski definition) is 7. The number of ether oxygens (including phenoxy) is 1. The smallest absolute Gasteiger partial charge is 0.341 e. The number of esters is 1. The standard InChI is InChI=1S/C16H19N5O3/c1-24-16(23)14-4-11(10-2-3-10)5-20-6-12(17-15(14)20)7-21-8-13(9-22)18-19-21/h4-6,8,10,18-19,22H,2-3,7,9H2,1H3. The average Bonchev–Trinajstić information content (AvgIpc) is 3.22. The van der Waals surface area contributed by atoms with Crippen LogP contribution in [0.1, 0.15) is 40.4 Å². The summed E-state index contributed by atoms with van der Waals surface area (Å²) in [5, 5.41) is 10.9. The molecule has 8 nitrogen and oxygen atoms in total. The van der Waals surface area contributed by atoms with Gasteiger partial charge in [-0.15, -0.1) is 5.53 Å². The second kappa shape index (κ2) is 5.81. The quantitative estimate of drug-likeness (QED) is 0.694. The zero-order chi connectivity index (χ0) is 16.7. The van der Waals surface area contributed by atoms with Crippen molar-refractivity contribution in [3.05, 3.63) is 47.2 Å². The largest absolute Gasteiger partial charge is 0.465 e. The molecule has 8 heteroatoms. The number of aliphatic hydroxyl groups is 1. The molecule has 0 bridgehead atoms. The Hall–Kier alpha value is -2.58. The lowest BCUT2D eigenvalue weighted by Crippen LogP contribution is -2.36. The number of imidazole rings is 1. The molecule has 2 aromatic rings. The number of rotatable bonds is 5. The molecule has 1 fully saturated rings. The van der Waals surface area contributed by atoms with Crippen LogP contribution in [-0.4, -0.2) is 39.2 Å².